The first-order valence-electron chi connectivity index (χ1n) is 8.18. The molecule has 1 saturated heterocycles. The van der Waals surface area contributed by atoms with E-state index in [0.717, 1.165) is 10.5 Å². The fraction of sp³-hybridized carbons (Fsp3) is 0.529. The molecule has 3 atom stereocenters. The molecule has 1 aliphatic carbocycles. The minimum Gasteiger partial charge on any atom is -0.465 e. The summed E-state index contributed by atoms with van der Waals surface area (Å²) in [7, 11) is 0. The molecule has 1 unspecified atom stereocenters. The van der Waals surface area contributed by atoms with Gasteiger partial charge in [-0.1, -0.05) is 30.3 Å². The van der Waals surface area contributed by atoms with Crippen LogP contribution in [0.3, 0.4) is 0 Å². The lowest BCUT2D eigenvalue weighted by atomic mass is 10.1. The Hall–Kier alpha value is -2.25. The summed E-state index contributed by atoms with van der Waals surface area (Å²) in [6.07, 6.45) is -5.03. The maximum atomic E-state index is 13.0. The Morgan fingerprint density at radius 3 is 2.48 bits per heavy atom. The van der Waals surface area contributed by atoms with E-state index in [2.05, 4.69) is 0 Å². The summed E-state index contributed by atoms with van der Waals surface area (Å²) in [4.78, 5) is 25.0. The third-order valence-corrected chi connectivity index (χ3v) is 4.90. The number of carboxylic acid groups (broad SMARTS) is 1. The van der Waals surface area contributed by atoms with Crippen LogP contribution in [0.25, 0.3) is 0 Å². The summed E-state index contributed by atoms with van der Waals surface area (Å²) in [5.74, 6) is -2.19. The van der Waals surface area contributed by atoms with Crippen molar-refractivity contribution in [2.45, 2.75) is 31.0 Å². The molecule has 2 amide bonds. The van der Waals surface area contributed by atoms with Gasteiger partial charge in [0.25, 0.3) is 0 Å². The fourth-order valence-electron chi connectivity index (χ4n) is 3.55. The van der Waals surface area contributed by atoms with E-state index in [1.165, 1.54) is 4.90 Å². The number of carbonyl (C=O) groups excluding carboxylic acids is 1. The predicted molar refractivity (Wildman–Crippen MR) is 83.1 cm³/mol. The van der Waals surface area contributed by atoms with Crippen molar-refractivity contribution in [3.63, 3.8) is 0 Å². The van der Waals surface area contributed by atoms with Crippen molar-refractivity contribution in [1.29, 1.82) is 0 Å². The molecule has 0 radical (unpaired) electrons. The number of amides is 2. The monoisotopic (exact) mass is 356 g/mol. The van der Waals surface area contributed by atoms with Crippen molar-refractivity contribution in [2.75, 3.05) is 19.6 Å². The zero-order valence-electron chi connectivity index (χ0n) is 13.4. The van der Waals surface area contributed by atoms with E-state index in [0.29, 0.717) is 19.4 Å². The summed E-state index contributed by atoms with van der Waals surface area (Å²) < 4.78 is 39.0. The van der Waals surface area contributed by atoms with E-state index in [4.69, 9.17) is 5.11 Å². The third-order valence-electron chi connectivity index (χ3n) is 4.90. The summed E-state index contributed by atoms with van der Waals surface area (Å²) in [5, 5.41) is 8.98. The minimum atomic E-state index is -4.92. The molecular weight excluding hydrogens is 337 g/mol. The molecular formula is C17H19F3N2O3. The van der Waals surface area contributed by atoms with Gasteiger partial charge in [0.15, 0.2) is 0 Å². The van der Waals surface area contributed by atoms with Crippen molar-refractivity contribution >= 4 is 12.0 Å². The first kappa shape index (κ1) is 17.6. The maximum absolute atomic E-state index is 13.0. The number of rotatable bonds is 4. The van der Waals surface area contributed by atoms with Gasteiger partial charge >= 0.3 is 18.2 Å². The second-order valence-electron chi connectivity index (χ2n) is 6.66. The Kier molecular flexibility index (Phi) is 4.62. The third kappa shape index (κ3) is 3.88. The Bertz CT molecular complexity index is 650. The highest BCUT2D eigenvalue weighted by Crippen LogP contribution is 2.46. The molecule has 25 heavy (non-hydrogen) atoms. The quantitative estimate of drug-likeness (QED) is 0.902. The van der Waals surface area contributed by atoms with E-state index >= 15 is 0 Å². The van der Waals surface area contributed by atoms with Gasteiger partial charge < -0.3 is 14.9 Å². The molecule has 2 fully saturated rings. The Labute approximate surface area is 143 Å². The molecule has 2 aliphatic rings. The summed E-state index contributed by atoms with van der Waals surface area (Å²) in [6.45, 7) is 0.399. The Morgan fingerprint density at radius 2 is 1.92 bits per heavy atom. The largest absolute Gasteiger partial charge is 0.471 e. The number of likely N-dealkylation sites (tertiary alicyclic amines) is 1. The van der Waals surface area contributed by atoms with Gasteiger partial charge in [0, 0.05) is 31.6 Å². The summed E-state index contributed by atoms with van der Waals surface area (Å²) in [6, 6.07) is 8.70. The van der Waals surface area contributed by atoms with Gasteiger partial charge in [0.05, 0.1) is 0 Å². The van der Waals surface area contributed by atoms with E-state index in [-0.39, 0.29) is 24.9 Å². The van der Waals surface area contributed by atoms with Crippen molar-refractivity contribution in [1.82, 2.24) is 9.80 Å². The number of halogens is 3. The topological polar surface area (TPSA) is 60.9 Å². The predicted octanol–water partition coefficient (Wildman–Crippen LogP) is 2.93. The fourth-order valence-corrected chi connectivity index (χ4v) is 3.55. The highest BCUT2D eigenvalue weighted by molar-refractivity contribution is 5.82. The highest BCUT2D eigenvalue weighted by Gasteiger charge is 2.52. The first-order valence-corrected chi connectivity index (χ1v) is 8.18. The zero-order chi connectivity index (χ0) is 18.2. The normalized spacial score (nSPS) is 25.7. The highest BCUT2D eigenvalue weighted by atomic mass is 19.4. The molecule has 8 heteroatoms. The van der Waals surface area contributed by atoms with Crippen LogP contribution in [0.1, 0.15) is 24.3 Å². The summed E-state index contributed by atoms with van der Waals surface area (Å²) in [5.41, 5.74) is 0.922. The Morgan fingerprint density at radius 1 is 1.24 bits per heavy atom. The van der Waals surface area contributed by atoms with Gasteiger partial charge in [-0.15, -0.1) is 0 Å². The molecule has 0 bridgehead atoms. The molecule has 1 aromatic rings. The standard InChI is InChI=1S/C17H19F3N2O3/c18-17(19,20)15(23)22(10-11-6-7-21(9-11)16(24)25)14-8-13(14)12-4-2-1-3-5-12/h1-5,11,13-14H,6-10H2,(H,24,25)/t11?,13-,14+/m0/s1. The average Bonchev–Trinajstić information content (AvgIpc) is 3.21. The minimum absolute atomic E-state index is 0.0594. The van der Waals surface area contributed by atoms with E-state index in [1.807, 2.05) is 30.3 Å². The molecule has 1 aliphatic heterocycles. The molecule has 136 valence electrons. The molecule has 0 spiro atoms. The van der Waals surface area contributed by atoms with Crippen LogP contribution < -0.4 is 0 Å². The summed E-state index contributed by atoms with van der Waals surface area (Å²) >= 11 is 0. The van der Waals surface area contributed by atoms with Crippen LogP contribution >= 0.6 is 0 Å². The molecule has 1 N–H and O–H groups in total. The van der Waals surface area contributed by atoms with Crippen LogP contribution in [0.15, 0.2) is 30.3 Å². The molecule has 1 heterocycles. The number of nitrogens with zero attached hydrogens (tertiary/aromatic N) is 2. The van der Waals surface area contributed by atoms with Crippen LogP contribution in [-0.2, 0) is 4.79 Å². The zero-order valence-corrected chi connectivity index (χ0v) is 13.4. The number of carbonyl (C=O) groups is 2. The lowest BCUT2D eigenvalue weighted by molar-refractivity contribution is -0.186. The van der Waals surface area contributed by atoms with Gasteiger partial charge in [-0.05, 0) is 24.3 Å². The van der Waals surface area contributed by atoms with Crippen LogP contribution in [0.4, 0.5) is 18.0 Å². The van der Waals surface area contributed by atoms with Crippen molar-refractivity contribution in [3.8, 4) is 0 Å². The van der Waals surface area contributed by atoms with Crippen molar-refractivity contribution < 1.29 is 27.9 Å². The van der Waals surface area contributed by atoms with Gasteiger partial charge in [0.1, 0.15) is 0 Å². The molecule has 1 saturated carbocycles. The van der Waals surface area contributed by atoms with Crippen LogP contribution in [-0.4, -0.2) is 58.8 Å². The molecule has 5 nitrogen and oxygen atoms in total. The van der Waals surface area contributed by atoms with Crippen molar-refractivity contribution in [3.05, 3.63) is 35.9 Å². The smallest absolute Gasteiger partial charge is 0.465 e. The van der Waals surface area contributed by atoms with Gasteiger partial charge in [-0.3, -0.25) is 4.79 Å². The second kappa shape index (κ2) is 6.57. The maximum Gasteiger partial charge on any atom is 0.471 e. The number of hydrogen-bond donors (Lipinski definition) is 1. The van der Waals surface area contributed by atoms with E-state index < -0.39 is 24.2 Å². The Balaban J connectivity index is 1.71. The van der Waals surface area contributed by atoms with Gasteiger partial charge in [-0.25, -0.2) is 4.79 Å². The average molecular weight is 356 g/mol. The van der Waals surface area contributed by atoms with E-state index in [1.54, 1.807) is 0 Å². The number of alkyl halides is 3. The van der Waals surface area contributed by atoms with Crippen LogP contribution in [0.5, 0.6) is 0 Å². The number of benzene rings is 1. The van der Waals surface area contributed by atoms with Crippen LogP contribution in [0, 0.1) is 5.92 Å². The molecule has 1 aromatic carbocycles. The number of hydrogen-bond acceptors (Lipinski definition) is 2. The van der Waals surface area contributed by atoms with Crippen molar-refractivity contribution in [2.24, 2.45) is 5.92 Å². The second-order valence-corrected chi connectivity index (χ2v) is 6.66. The van der Waals surface area contributed by atoms with Gasteiger partial charge in [0.2, 0.25) is 0 Å². The SMILES string of the molecule is O=C(O)N1CCC(CN(C(=O)C(F)(F)F)[C@@H]2C[C@H]2c2ccccc2)C1. The van der Waals surface area contributed by atoms with Gasteiger partial charge in [-0.2, -0.15) is 13.2 Å². The molecule has 3 rings (SSSR count). The lowest BCUT2D eigenvalue weighted by Gasteiger charge is -2.27. The first-order chi connectivity index (χ1) is 11.8. The van der Waals surface area contributed by atoms with E-state index in [9.17, 15) is 22.8 Å². The lowest BCUT2D eigenvalue weighted by Crippen LogP contribution is -2.45. The van der Waals surface area contributed by atoms with Crippen LogP contribution in [0.2, 0.25) is 0 Å². The molecule has 0 aromatic heterocycles.